The zero-order valence-electron chi connectivity index (χ0n) is 7.07. The Morgan fingerprint density at radius 2 is 1.91 bits per heavy atom. The molecule has 0 heterocycles. The normalized spacial score (nSPS) is 16.5. The van der Waals surface area contributed by atoms with Crippen LogP contribution in [0, 0.1) is 0 Å². The molecule has 0 bridgehead atoms. The lowest BCUT2D eigenvalue weighted by Gasteiger charge is -2.18. The van der Waals surface area contributed by atoms with Crippen LogP contribution >= 0.6 is 0 Å². The van der Waals surface area contributed by atoms with E-state index in [1.54, 1.807) is 6.92 Å². The Labute approximate surface area is 66.3 Å². The van der Waals surface area contributed by atoms with E-state index in [4.69, 9.17) is 15.6 Å². The van der Waals surface area contributed by atoms with Crippen LogP contribution in [0.3, 0.4) is 0 Å². The molecule has 0 saturated heterocycles. The highest BCUT2D eigenvalue weighted by atomic mass is 16.5. The van der Waals surface area contributed by atoms with Crippen molar-refractivity contribution in [3.63, 3.8) is 0 Å². The lowest BCUT2D eigenvalue weighted by atomic mass is 10.2. The molecule has 0 amide bonds. The van der Waals surface area contributed by atoms with Crippen molar-refractivity contribution in [2.75, 3.05) is 0 Å². The van der Waals surface area contributed by atoms with Crippen LogP contribution in [0.2, 0.25) is 0 Å². The van der Waals surface area contributed by atoms with Crippen molar-refractivity contribution >= 4 is 5.97 Å². The van der Waals surface area contributed by atoms with E-state index >= 15 is 0 Å². The lowest BCUT2D eigenvalue weighted by molar-refractivity contribution is -0.142. The van der Waals surface area contributed by atoms with Gasteiger partial charge in [-0.05, 0) is 20.8 Å². The zero-order valence-corrected chi connectivity index (χ0v) is 7.07. The van der Waals surface area contributed by atoms with Gasteiger partial charge in [-0.25, -0.2) is 0 Å². The number of carboxylic acids is 1. The predicted octanol–water partition coefficient (Wildman–Crippen LogP) is 0.212. The number of rotatable bonds is 4. The third-order valence-corrected chi connectivity index (χ3v) is 1.28. The Hall–Kier alpha value is -0.610. The Kier molecular flexibility index (Phi) is 4.07. The Morgan fingerprint density at radius 1 is 1.45 bits per heavy atom. The van der Waals surface area contributed by atoms with E-state index in [2.05, 4.69) is 0 Å². The maximum atomic E-state index is 10.3. The van der Waals surface area contributed by atoms with E-state index in [9.17, 15) is 4.79 Å². The summed E-state index contributed by atoms with van der Waals surface area (Å²) in [7, 11) is 0. The second-order valence-electron chi connectivity index (χ2n) is 2.75. The number of hydrogen-bond acceptors (Lipinski definition) is 3. The van der Waals surface area contributed by atoms with Gasteiger partial charge in [-0.15, -0.1) is 0 Å². The van der Waals surface area contributed by atoms with Crippen molar-refractivity contribution in [2.45, 2.75) is 39.0 Å². The molecule has 0 aromatic rings. The van der Waals surface area contributed by atoms with Gasteiger partial charge in [0.1, 0.15) is 6.04 Å². The van der Waals surface area contributed by atoms with Gasteiger partial charge in [0.05, 0.1) is 12.2 Å². The maximum absolute atomic E-state index is 10.3. The summed E-state index contributed by atoms with van der Waals surface area (Å²) in [5, 5.41) is 8.46. The quantitative estimate of drug-likeness (QED) is 0.618. The minimum atomic E-state index is -1.03. The first kappa shape index (κ1) is 10.4. The minimum absolute atomic E-state index is 0.00963. The number of ether oxygens (including phenoxy) is 1. The molecule has 0 aromatic heterocycles. The van der Waals surface area contributed by atoms with Crippen molar-refractivity contribution in [2.24, 2.45) is 5.73 Å². The fourth-order valence-corrected chi connectivity index (χ4v) is 0.715. The molecule has 0 aliphatic carbocycles. The molecule has 0 fully saturated rings. The zero-order chi connectivity index (χ0) is 9.02. The van der Waals surface area contributed by atoms with Crippen LogP contribution in [-0.2, 0) is 9.53 Å². The van der Waals surface area contributed by atoms with Crippen molar-refractivity contribution in [1.82, 2.24) is 0 Å². The molecule has 0 unspecified atom stereocenters. The molecule has 0 spiro atoms. The molecule has 4 heteroatoms. The van der Waals surface area contributed by atoms with Crippen molar-refractivity contribution in [3.8, 4) is 0 Å². The van der Waals surface area contributed by atoms with Crippen LogP contribution < -0.4 is 5.73 Å². The summed E-state index contributed by atoms with van der Waals surface area (Å²) in [5.41, 5.74) is 5.28. The molecule has 4 nitrogen and oxygen atoms in total. The lowest BCUT2D eigenvalue weighted by Crippen LogP contribution is -2.42. The molecule has 0 radical (unpaired) electrons. The number of aliphatic carboxylic acids is 1. The molecule has 66 valence electrons. The monoisotopic (exact) mass is 161 g/mol. The first-order valence-corrected chi connectivity index (χ1v) is 3.59. The molecule has 0 aliphatic heterocycles. The number of nitrogens with two attached hydrogens (primary N) is 1. The highest BCUT2D eigenvalue weighted by molar-refractivity contribution is 5.73. The van der Waals surface area contributed by atoms with Gasteiger partial charge in [0, 0.05) is 0 Å². The summed E-state index contributed by atoms with van der Waals surface area (Å²) in [6, 6.07) is -0.933. The van der Waals surface area contributed by atoms with E-state index in [0.29, 0.717) is 0 Å². The Balaban J connectivity index is 3.82. The molecule has 11 heavy (non-hydrogen) atoms. The fraction of sp³-hybridized carbons (Fsp3) is 0.857. The molecule has 2 atom stereocenters. The number of hydrogen-bond donors (Lipinski definition) is 2. The first-order chi connectivity index (χ1) is 4.95. The summed E-state index contributed by atoms with van der Waals surface area (Å²) in [6.07, 6.45) is -0.428. The van der Waals surface area contributed by atoms with E-state index in [1.807, 2.05) is 13.8 Å². The molecule has 0 saturated carbocycles. The first-order valence-electron chi connectivity index (χ1n) is 3.59. The number of carboxylic acid groups (broad SMARTS) is 1. The van der Waals surface area contributed by atoms with E-state index in [0.717, 1.165) is 0 Å². The summed E-state index contributed by atoms with van der Waals surface area (Å²) in [6.45, 7) is 5.33. The maximum Gasteiger partial charge on any atom is 0.323 e. The van der Waals surface area contributed by atoms with Crippen LogP contribution in [0.15, 0.2) is 0 Å². The second-order valence-corrected chi connectivity index (χ2v) is 2.75. The summed E-state index contributed by atoms with van der Waals surface area (Å²) >= 11 is 0. The van der Waals surface area contributed by atoms with Crippen molar-refractivity contribution < 1.29 is 14.6 Å². The molecule has 0 aliphatic rings. The Bertz CT molecular complexity index is 136. The standard InChI is InChI=1S/C7H15NO3/c1-4(2)11-5(3)6(8)7(9)10/h4-6H,8H2,1-3H3,(H,9,10)/t5-,6+/m1/s1. The van der Waals surface area contributed by atoms with Gasteiger partial charge in [-0.2, -0.15) is 0 Å². The van der Waals surface area contributed by atoms with Gasteiger partial charge in [0.25, 0.3) is 0 Å². The smallest absolute Gasteiger partial charge is 0.323 e. The van der Waals surface area contributed by atoms with Crippen molar-refractivity contribution in [3.05, 3.63) is 0 Å². The van der Waals surface area contributed by atoms with Crippen LogP contribution in [0.5, 0.6) is 0 Å². The molecule has 3 N–H and O–H groups in total. The van der Waals surface area contributed by atoms with Gasteiger partial charge in [-0.1, -0.05) is 0 Å². The summed E-state index contributed by atoms with van der Waals surface area (Å²) in [4.78, 5) is 10.3. The minimum Gasteiger partial charge on any atom is -0.480 e. The van der Waals surface area contributed by atoms with Crippen LogP contribution in [0.25, 0.3) is 0 Å². The SMILES string of the molecule is CC(C)O[C@H](C)[C@H](N)C(=O)O. The average Bonchev–Trinajstić information content (AvgIpc) is 1.84. The van der Waals surface area contributed by atoms with E-state index in [1.165, 1.54) is 0 Å². The fourth-order valence-electron chi connectivity index (χ4n) is 0.715. The van der Waals surface area contributed by atoms with Gasteiger partial charge < -0.3 is 15.6 Å². The topological polar surface area (TPSA) is 72.5 Å². The second kappa shape index (κ2) is 4.31. The van der Waals surface area contributed by atoms with Crippen molar-refractivity contribution in [1.29, 1.82) is 0 Å². The van der Waals surface area contributed by atoms with Gasteiger partial charge >= 0.3 is 5.97 Å². The average molecular weight is 161 g/mol. The molecule has 0 rings (SSSR count). The predicted molar refractivity (Wildman–Crippen MR) is 41.3 cm³/mol. The summed E-state index contributed by atoms with van der Waals surface area (Å²) in [5.74, 6) is -1.03. The summed E-state index contributed by atoms with van der Waals surface area (Å²) < 4.78 is 5.17. The molecular formula is C7H15NO3. The van der Waals surface area contributed by atoms with Crippen LogP contribution in [-0.4, -0.2) is 29.3 Å². The van der Waals surface area contributed by atoms with E-state index < -0.39 is 18.1 Å². The molecular weight excluding hydrogens is 146 g/mol. The van der Waals surface area contributed by atoms with Gasteiger partial charge in [0.15, 0.2) is 0 Å². The third-order valence-electron chi connectivity index (χ3n) is 1.28. The van der Waals surface area contributed by atoms with Crippen LogP contribution in [0.1, 0.15) is 20.8 Å². The third kappa shape index (κ3) is 3.95. The largest absolute Gasteiger partial charge is 0.480 e. The van der Waals surface area contributed by atoms with Gasteiger partial charge in [0.2, 0.25) is 0 Å². The highest BCUT2D eigenvalue weighted by Gasteiger charge is 2.20. The number of carbonyl (C=O) groups is 1. The molecule has 0 aromatic carbocycles. The van der Waals surface area contributed by atoms with Crippen LogP contribution in [0.4, 0.5) is 0 Å². The Morgan fingerprint density at radius 3 is 2.18 bits per heavy atom. The van der Waals surface area contributed by atoms with Gasteiger partial charge in [-0.3, -0.25) is 4.79 Å². The van der Waals surface area contributed by atoms with E-state index in [-0.39, 0.29) is 6.10 Å². The highest BCUT2D eigenvalue weighted by Crippen LogP contribution is 2.00.